The summed E-state index contributed by atoms with van der Waals surface area (Å²) in [5, 5.41) is 1.24. The lowest BCUT2D eigenvalue weighted by atomic mass is 10.1. The second-order valence-corrected chi connectivity index (χ2v) is 5.31. The minimum atomic E-state index is 0. The summed E-state index contributed by atoms with van der Waals surface area (Å²) in [5.41, 5.74) is 3.69. The summed E-state index contributed by atoms with van der Waals surface area (Å²) in [6.45, 7) is 9.41. The van der Waals surface area contributed by atoms with Gasteiger partial charge in [0.05, 0.1) is 6.61 Å². The van der Waals surface area contributed by atoms with Crippen molar-refractivity contribution in [3.63, 3.8) is 0 Å². The minimum absolute atomic E-state index is 0. The number of nitrogens with zero attached hydrogens (tertiary/aromatic N) is 2. The van der Waals surface area contributed by atoms with Crippen molar-refractivity contribution in [2.45, 2.75) is 34.1 Å². The number of aromatic nitrogens is 2. The molecule has 106 valence electrons. The fourth-order valence-corrected chi connectivity index (χ4v) is 2.17. The van der Waals surface area contributed by atoms with Crippen LogP contribution in [0.15, 0.2) is 12.3 Å². The van der Waals surface area contributed by atoms with E-state index in [0.717, 1.165) is 24.4 Å². The molecule has 0 aliphatic heterocycles. The van der Waals surface area contributed by atoms with Gasteiger partial charge in [0.1, 0.15) is 5.52 Å². The number of hydrogen-bond acceptors (Lipinski definition) is 2. The first kappa shape index (κ1) is 15.8. The van der Waals surface area contributed by atoms with Crippen LogP contribution < -0.4 is 4.74 Å². The normalized spacial score (nSPS) is 10.8. The van der Waals surface area contributed by atoms with Gasteiger partial charge >= 0.3 is 0 Å². The van der Waals surface area contributed by atoms with Gasteiger partial charge in [0.25, 0.3) is 0 Å². The van der Waals surface area contributed by atoms with Crippen molar-refractivity contribution >= 4 is 23.3 Å². The second kappa shape index (κ2) is 6.29. The Kier molecular flexibility index (Phi) is 5.24. The fraction of sp³-hybridized carbons (Fsp3) is 0.533. The van der Waals surface area contributed by atoms with Gasteiger partial charge < -0.3 is 9.30 Å². The van der Waals surface area contributed by atoms with Crippen LogP contribution in [0, 0.1) is 19.8 Å². The molecule has 0 aliphatic carbocycles. The Morgan fingerprint density at radius 3 is 2.63 bits per heavy atom. The highest BCUT2D eigenvalue weighted by Crippen LogP contribution is 2.29. The van der Waals surface area contributed by atoms with Gasteiger partial charge in [-0.15, -0.1) is 12.4 Å². The Morgan fingerprint density at radius 2 is 2.00 bits per heavy atom. The third-order valence-electron chi connectivity index (χ3n) is 3.61. The summed E-state index contributed by atoms with van der Waals surface area (Å²) in [7, 11) is 2.07. The van der Waals surface area contributed by atoms with E-state index < -0.39 is 0 Å². The molecule has 2 aromatic heterocycles. The Bertz CT molecular complexity index is 561. The average Bonchev–Trinajstić information content (AvgIpc) is 2.55. The van der Waals surface area contributed by atoms with Gasteiger partial charge in [0.2, 0.25) is 5.88 Å². The first-order chi connectivity index (χ1) is 8.52. The molecule has 3 nitrogen and oxygen atoms in total. The van der Waals surface area contributed by atoms with E-state index in [-0.39, 0.29) is 12.4 Å². The number of aryl methyl sites for hydroxylation is 2. The first-order valence-electron chi connectivity index (χ1n) is 6.55. The van der Waals surface area contributed by atoms with Crippen LogP contribution in [-0.2, 0) is 7.05 Å². The molecule has 0 aliphatic rings. The molecule has 0 N–H and O–H groups in total. The lowest BCUT2D eigenvalue weighted by Gasteiger charge is -2.09. The molecule has 0 unspecified atom stereocenters. The molecule has 0 amide bonds. The minimum Gasteiger partial charge on any atom is -0.476 e. The van der Waals surface area contributed by atoms with Gasteiger partial charge in [-0.05, 0) is 37.8 Å². The average molecular weight is 283 g/mol. The van der Waals surface area contributed by atoms with E-state index in [1.54, 1.807) is 0 Å². The van der Waals surface area contributed by atoms with Crippen LogP contribution in [0.25, 0.3) is 10.9 Å². The Hall–Kier alpha value is -1.22. The molecule has 0 fully saturated rings. The van der Waals surface area contributed by atoms with E-state index in [2.05, 4.69) is 50.4 Å². The van der Waals surface area contributed by atoms with Crippen molar-refractivity contribution < 1.29 is 4.74 Å². The molecule has 0 bridgehead atoms. The zero-order chi connectivity index (χ0) is 13.3. The number of pyridine rings is 1. The molecular formula is C15H23ClN2O. The van der Waals surface area contributed by atoms with Crippen molar-refractivity contribution in [3.05, 3.63) is 23.5 Å². The molecule has 0 atom stereocenters. The number of halogens is 1. The van der Waals surface area contributed by atoms with Crippen LogP contribution in [0.1, 0.15) is 31.5 Å². The molecule has 2 rings (SSSR count). The number of hydrogen-bond donors (Lipinski definition) is 0. The molecule has 2 heterocycles. The van der Waals surface area contributed by atoms with Gasteiger partial charge in [-0.2, -0.15) is 0 Å². The summed E-state index contributed by atoms with van der Waals surface area (Å²) in [4.78, 5) is 4.38. The van der Waals surface area contributed by atoms with Crippen molar-refractivity contribution in [2.75, 3.05) is 6.61 Å². The predicted octanol–water partition coefficient (Wildman–Crippen LogP) is 4.04. The maximum Gasteiger partial charge on any atom is 0.238 e. The molecule has 4 heteroatoms. The molecule has 0 saturated carbocycles. The summed E-state index contributed by atoms with van der Waals surface area (Å²) in [5.74, 6) is 1.41. The SMILES string of the molecule is Cc1c(C)n(C)c2c(OCCC(C)C)nccc12.Cl. The van der Waals surface area contributed by atoms with E-state index in [4.69, 9.17) is 4.74 Å². The number of rotatable bonds is 4. The highest BCUT2D eigenvalue weighted by Gasteiger charge is 2.13. The maximum absolute atomic E-state index is 5.85. The van der Waals surface area contributed by atoms with E-state index in [1.165, 1.54) is 16.6 Å². The van der Waals surface area contributed by atoms with Crippen molar-refractivity contribution in [1.82, 2.24) is 9.55 Å². The second-order valence-electron chi connectivity index (χ2n) is 5.31. The van der Waals surface area contributed by atoms with Crippen LogP contribution in [0.2, 0.25) is 0 Å². The van der Waals surface area contributed by atoms with Crippen molar-refractivity contribution in [2.24, 2.45) is 13.0 Å². The third-order valence-corrected chi connectivity index (χ3v) is 3.61. The monoisotopic (exact) mass is 282 g/mol. The Morgan fingerprint density at radius 1 is 1.32 bits per heavy atom. The van der Waals surface area contributed by atoms with E-state index in [0.29, 0.717) is 5.92 Å². The highest BCUT2D eigenvalue weighted by atomic mass is 35.5. The molecule has 0 saturated heterocycles. The molecule has 2 aromatic rings. The van der Waals surface area contributed by atoms with Crippen LogP contribution in [0.4, 0.5) is 0 Å². The van der Waals surface area contributed by atoms with E-state index >= 15 is 0 Å². The zero-order valence-electron chi connectivity index (χ0n) is 12.4. The summed E-state index contributed by atoms with van der Waals surface area (Å²) >= 11 is 0. The van der Waals surface area contributed by atoms with Gasteiger partial charge in [-0.1, -0.05) is 13.8 Å². The first-order valence-corrected chi connectivity index (χ1v) is 6.55. The van der Waals surface area contributed by atoms with Crippen LogP contribution in [-0.4, -0.2) is 16.2 Å². The Balaban J connectivity index is 0.00000180. The predicted molar refractivity (Wildman–Crippen MR) is 82.4 cm³/mol. The summed E-state index contributed by atoms with van der Waals surface area (Å²) < 4.78 is 8.02. The largest absolute Gasteiger partial charge is 0.476 e. The quantitative estimate of drug-likeness (QED) is 0.846. The molecule has 0 radical (unpaired) electrons. The van der Waals surface area contributed by atoms with Crippen molar-refractivity contribution in [1.29, 1.82) is 0 Å². The van der Waals surface area contributed by atoms with Crippen LogP contribution in [0.5, 0.6) is 5.88 Å². The topological polar surface area (TPSA) is 27.1 Å². The lowest BCUT2D eigenvalue weighted by Crippen LogP contribution is -2.04. The fourth-order valence-electron chi connectivity index (χ4n) is 2.17. The maximum atomic E-state index is 5.85. The number of fused-ring (bicyclic) bond motifs is 1. The van der Waals surface area contributed by atoms with Crippen molar-refractivity contribution in [3.8, 4) is 5.88 Å². The van der Waals surface area contributed by atoms with E-state index in [1.807, 2.05) is 6.20 Å². The van der Waals surface area contributed by atoms with Gasteiger partial charge in [0, 0.05) is 24.3 Å². The van der Waals surface area contributed by atoms with Crippen LogP contribution >= 0.6 is 12.4 Å². The van der Waals surface area contributed by atoms with Gasteiger partial charge in [-0.25, -0.2) is 4.98 Å². The lowest BCUT2D eigenvalue weighted by molar-refractivity contribution is 0.282. The zero-order valence-corrected chi connectivity index (χ0v) is 13.2. The van der Waals surface area contributed by atoms with Crippen LogP contribution in [0.3, 0.4) is 0 Å². The van der Waals surface area contributed by atoms with Gasteiger partial charge in [-0.3, -0.25) is 0 Å². The third kappa shape index (κ3) is 3.03. The Labute approximate surface area is 121 Å². The van der Waals surface area contributed by atoms with Gasteiger partial charge in [0.15, 0.2) is 0 Å². The smallest absolute Gasteiger partial charge is 0.238 e. The molecule has 19 heavy (non-hydrogen) atoms. The standard InChI is InChI=1S/C15H22N2O.ClH/c1-10(2)7-9-18-15-14-13(6-8-16-15)11(3)12(4)17(14)5;/h6,8,10H,7,9H2,1-5H3;1H. The van der Waals surface area contributed by atoms with E-state index in [9.17, 15) is 0 Å². The number of ether oxygens (including phenoxy) is 1. The summed E-state index contributed by atoms with van der Waals surface area (Å²) in [6.07, 6.45) is 2.89. The molecule has 0 aromatic carbocycles. The molecular weight excluding hydrogens is 260 g/mol. The molecule has 0 spiro atoms. The highest BCUT2D eigenvalue weighted by molar-refractivity contribution is 5.88. The summed E-state index contributed by atoms with van der Waals surface area (Å²) in [6, 6.07) is 2.06.